The first kappa shape index (κ1) is 18.3. The molecule has 0 amide bonds. The van der Waals surface area contributed by atoms with Crippen LogP contribution < -0.4 is 4.31 Å². The second kappa shape index (κ2) is 7.97. The van der Waals surface area contributed by atoms with Crippen LogP contribution in [0.3, 0.4) is 0 Å². The molecule has 0 saturated heterocycles. The molecule has 0 saturated carbocycles. The fourth-order valence-corrected chi connectivity index (χ4v) is 5.75. The fourth-order valence-electron chi connectivity index (χ4n) is 3.09. The number of hydrogen-bond donors (Lipinski definition) is 2. The normalized spacial score (nSPS) is 11.3. The highest BCUT2D eigenvalue weighted by molar-refractivity contribution is 8.02. The molecule has 146 valence electrons. The summed E-state index contributed by atoms with van der Waals surface area (Å²) in [6.45, 7) is 0. The second-order valence-corrected chi connectivity index (χ2v) is 9.90. The van der Waals surface area contributed by atoms with Gasteiger partial charge in [-0.3, -0.25) is 0 Å². The minimum atomic E-state index is 0.724. The molecule has 0 radical (unpaired) electrons. The number of H-pyrrole nitrogens is 2. The summed E-state index contributed by atoms with van der Waals surface area (Å²) >= 11 is 5.18. The van der Waals surface area contributed by atoms with Gasteiger partial charge in [0.25, 0.3) is 0 Å². The molecule has 7 nitrogen and oxygen atoms in total. The predicted molar refractivity (Wildman–Crippen MR) is 120 cm³/mol. The molecular weight excluding hydrogens is 422 g/mol. The maximum Gasteiger partial charge on any atom is 0.174 e. The Bertz CT molecular complexity index is 1210. The number of hydrogen-bond acceptors (Lipinski definition) is 8. The molecule has 5 aromatic rings. The van der Waals surface area contributed by atoms with Gasteiger partial charge in [0.05, 0.1) is 21.1 Å². The van der Waals surface area contributed by atoms with Gasteiger partial charge in [-0.15, -0.1) is 32.9 Å². The molecule has 10 heteroatoms. The number of rotatable bonds is 7. The largest absolute Gasteiger partial charge is 0.351 e. The van der Waals surface area contributed by atoms with Crippen LogP contribution in [0.15, 0.2) is 52.2 Å². The Hall–Kier alpha value is -2.69. The van der Waals surface area contributed by atoms with Crippen LogP contribution >= 0.6 is 34.6 Å². The van der Waals surface area contributed by atoms with Gasteiger partial charge < -0.3 is 9.29 Å². The van der Waals surface area contributed by atoms with Crippen molar-refractivity contribution in [3.8, 4) is 10.7 Å². The summed E-state index contributed by atoms with van der Waals surface area (Å²) in [5.41, 5.74) is 3.32. The van der Waals surface area contributed by atoms with Gasteiger partial charge in [0.1, 0.15) is 5.01 Å². The van der Waals surface area contributed by atoms with Gasteiger partial charge in [0, 0.05) is 29.9 Å². The summed E-state index contributed by atoms with van der Waals surface area (Å²) in [5.74, 6) is 0.724. The molecular formula is C19H17N7S3. The summed E-state index contributed by atoms with van der Waals surface area (Å²) < 4.78 is 3.47. The van der Waals surface area contributed by atoms with E-state index in [-0.39, 0.29) is 0 Å². The van der Waals surface area contributed by atoms with Crippen LogP contribution in [-0.4, -0.2) is 37.6 Å². The first-order valence-corrected chi connectivity index (χ1v) is 11.5. The zero-order valence-corrected chi connectivity index (χ0v) is 17.9. The smallest absolute Gasteiger partial charge is 0.174 e. The Morgan fingerprint density at radius 3 is 2.97 bits per heavy atom. The molecule has 0 bridgehead atoms. The Morgan fingerprint density at radius 1 is 1.17 bits per heavy atom. The van der Waals surface area contributed by atoms with Crippen molar-refractivity contribution in [3.63, 3.8) is 0 Å². The van der Waals surface area contributed by atoms with Crippen LogP contribution in [0.2, 0.25) is 0 Å². The fraction of sp³-hybridized carbons (Fsp3) is 0.158. The van der Waals surface area contributed by atoms with Gasteiger partial charge in [-0.1, -0.05) is 23.4 Å². The zero-order valence-electron chi connectivity index (χ0n) is 15.5. The molecule has 4 heterocycles. The Morgan fingerprint density at radius 2 is 2.14 bits per heavy atom. The van der Waals surface area contributed by atoms with E-state index in [1.54, 1.807) is 34.6 Å². The van der Waals surface area contributed by atoms with Crippen LogP contribution in [-0.2, 0) is 12.8 Å². The van der Waals surface area contributed by atoms with Crippen LogP contribution in [0.1, 0.15) is 10.7 Å². The molecule has 29 heavy (non-hydrogen) atoms. The Labute approximate surface area is 179 Å². The number of thiophene rings is 1. The highest BCUT2D eigenvalue weighted by Crippen LogP contribution is 2.36. The lowest BCUT2D eigenvalue weighted by atomic mass is 10.2. The van der Waals surface area contributed by atoms with E-state index >= 15 is 0 Å². The van der Waals surface area contributed by atoms with E-state index in [0.717, 1.165) is 40.6 Å². The summed E-state index contributed by atoms with van der Waals surface area (Å²) in [4.78, 5) is 9.41. The van der Waals surface area contributed by atoms with E-state index in [9.17, 15) is 0 Å². The second-order valence-electron chi connectivity index (χ2n) is 6.40. The number of benzene rings is 1. The quantitative estimate of drug-likeness (QED) is 0.355. The monoisotopic (exact) mass is 439 g/mol. The third-order valence-corrected chi connectivity index (χ3v) is 7.51. The Balaban J connectivity index is 1.39. The number of tetrazole rings is 1. The van der Waals surface area contributed by atoms with Crippen molar-refractivity contribution >= 4 is 51.2 Å². The maximum atomic E-state index is 4.62. The zero-order chi connectivity index (χ0) is 19.6. The molecule has 0 atom stereocenters. The van der Waals surface area contributed by atoms with Crippen LogP contribution in [0, 0.1) is 0 Å². The third-order valence-electron chi connectivity index (χ3n) is 4.46. The van der Waals surface area contributed by atoms with Crippen molar-refractivity contribution in [2.24, 2.45) is 0 Å². The number of nitrogens with one attached hydrogen (secondary N) is 2. The standard InChI is InChI=1S/C19H17N7S3/c1-26(29-17-6-3-9-27-17)15-5-2-4-12-10-14(21-18(12)15)19-20-11-13(28-19)7-8-16-22-24-25-23-16/h2-6,9-11,21H,7-8H2,1H3,(H,22,23,24,25). The molecule has 5 rings (SSSR count). The van der Waals surface area contributed by atoms with E-state index in [1.807, 2.05) is 6.20 Å². The number of anilines is 1. The van der Waals surface area contributed by atoms with E-state index in [0.29, 0.717) is 0 Å². The van der Waals surface area contributed by atoms with Crippen LogP contribution in [0.5, 0.6) is 0 Å². The highest BCUT2D eigenvalue weighted by atomic mass is 32.2. The molecule has 0 aliphatic heterocycles. The number of aryl methyl sites for hydroxylation is 2. The molecule has 0 unspecified atom stereocenters. The van der Waals surface area contributed by atoms with Gasteiger partial charge in [-0.05, 0) is 41.9 Å². The van der Waals surface area contributed by atoms with Gasteiger partial charge >= 0.3 is 0 Å². The predicted octanol–water partition coefficient (Wildman–Crippen LogP) is 4.79. The van der Waals surface area contributed by atoms with E-state index in [2.05, 4.69) is 83.7 Å². The number of nitrogens with zero attached hydrogens (tertiary/aromatic N) is 5. The Kier molecular flexibility index (Phi) is 5.04. The molecule has 0 aliphatic rings. The van der Waals surface area contributed by atoms with Crippen molar-refractivity contribution in [1.29, 1.82) is 0 Å². The SMILES string of the molecule is CN(Sc1cccs1)c1cccc2cc(-c3ncc(CCc4nn[nH]n4)s3)[nH]c12. The molecule has 0 aliphatic carbocycles. The van der Waals surface area contributed by atoms with E-state index in [1.165, 1.54) is 14.5 Å². The van der Waals surface area contributed by atoms with Crippen molar-refractivity contribution in [1.82, 2.24) is 30.6 Å². The highest BCUT2D eigenvalue weighted by Gasteiger charge is 2.14. The van der Waals surface area contributed by atoms with E-state index < -0.39 is 0 Å². The minimum Gasteiger partial charge on any atom is -0.351 e. The number of thiazole rings is 1. The first-order chi connectivity index (χ1) is 14.3. The number of aromatic amines is 2. The number of para-hydroxylation sites is 1. The van der Waals surface area contributed by atoms with Gasteiger partial charge in [0.2, 0.25) is 0 Å². The van der Waals surface area contributed by atoms with Gasteiger partial charge in [0.15, 0.2) is 5.82 Å². The first-order valence-electron chi connectivity index (χ1n) is 9.00. The van der Waals surface area contributed by atoms with Gasteiger partial charge in [-0.2, -0.15) is 5.21 Å². The average molecular weight is 440 g/mol. The lowest BCUT2D eigenvalue weighted by molar-refractivity contribution is 0.873. The molecule has 1 aromatic carbocycles. The summed E-state index contributed by atoms with van der Waals surface area (Å²) in [5, 5.41) is 18.4. The topological polar surface area (TPSA) is 86.4 Å². The number of fused-ring (bicyclic) bond motifs is 1. The molecule has 4 aromatic heterocycles. The van der Waals surface area contributed by atoms with Crippen molar-refractivity contribution in [3.05, 3.63) is 58.7 Å². The van der Waals surface area contributed by atoms with Crippen molar-refractivity contribution in [2.75, 3.05) is 11.4 Å². The van der Waals surface area contributed by atoms with Crippen LogP contribution in [0.4, 0.5) is 5.69 Å². The lowest BCUT2D eigenvalue weighted by Crippen LogP contribution is -2.05. The molecule has 0 spiro atoms. The number of aromatic nitrogens is 6. The maximum absolute atomic E-state index is 4.62. The summed E-state index contributed by atoms with van der Waals surface area (Å²) in [6.07, 6.45) is 3.54. The van der Waals surface area contributed by atoms with Crippen molar-refractivity contribution < 1.29 is 0 Å². The molecule has 0 fully saturated rings. The van der Waals surface area contributed by atoms with E-state index in [4.69, 9.17) is 0 Å². The summed E-state index contributed by atoms with van der Waals surface area (Å²) in [6, 6.07) is 12.8. The lowest BCUT2D eigenvalue weighted by Gasteiger charge is -2.17. The average Bonchev–Trinajstić information content (AvgIpc) is 3.53. The van der Waals surface area contributed by atoms with Gasteiger partial charge in [-0.25, -0.2) is 4.98 Å². The van der Waals surface area contributed by atoms with Crippen LogP contribution in [0.25, 0.3) is 21.6 Å². The minimum absolute atomic E-state index is 0.724. The van der Waals surface area contributed by atoms with Crippen molar-refractivity contribution in [2.45, 2.75) is 17.1 Å². The summed E-state index contributed by atoms with van der Waals surface area (Å²) in [7, 11) is 2.10. The molecule has 2 N–H and O–H groups in total. The third kappa shape index (κ3) is 3.91.